The fourth-order valence-electron chi connectivity index (χ4n) is 3.10. The largest absolute Gasteiger partial charge is 0.444 e. The maximum Gasteiger partial charge on any atom is 0.220 e. The van der Waals surface area contributed by atoms with Gasteiger partial charge in [0.05, 0.1) is 17.8 Å². The minimum absolute atomic E-state index is 0.0413. The molecule has 128 valence electrons. The van der Waals surface area contributed by atoms with E-state index in [1.807, 2.05) is 17.9 Å². The molecule has 24 heavy (non-hydrogen) atoms. The van der Waals surface area contributed by atoms with E-state index in [4.69, 9.17) is 16.0 Å². The first kappa shape index (κ1) is 16.9. The molecule has 0 bridgehead atoms. The number of amides is 1. The quantitative estimate of drug-likeness (QED) is 0.831. The summed E-state index contributed by atoms with van der Waals surface area (Å²) in [6.45, 7) is 6.37. The summed E-state index contributed by atoms with van der Waals surface area (Å²) in [6.07, 6.45) is 6.03. The molecule has 0 radical (unpaired) electrons. The van der Waals surface area contributed by atoms with Gasteiger partial charge in [-0.3, -0.25) is 14.7 Å². The molecule has 1 aliphatic heterocycles. The third-order valence-corrected chi connectivity index (χ3v) is 4.66. The van der Waals surface area contributed by atoms with Gasteiger partial charge in [0.25, 0.3) is 0 Å². The van der Waals surface area contributed by atoms with E-state index in [2.05, 4.69) is 14.9 Å². The summed E-state index contributed by atoms with van der Waals surface area (Å²) >= 11 is 6.19. The Morgan fingerprint density at radius 1 is 1.50 bits per heavy atom. The molecule has 3 rings (SSSR count). The predicted molar refractivity (Wildman–Crippen MR) is 90.4 cm³/mol. The topological polar surface area (TPSA) is 62.5 Å². The van der Waals surface area contributed by atoms with E-state index in [0.717, 1.165) is 37.4 Å². The van der Waals surface area contributed by atoms with Crippen LogP contribution in [0.25, 0.3) is 0 Å². The van der Waals surface area contributed by atoms with E-state index in [1.165, 1.54) is 0 Å². The van der Waals surface area contributed by atoms with Crippen LogP contribution >= 0.6 is 11.6 Å². The lowest BCUT2D eigenvalue weighted by molar-refractivity contribution is -0.132. The summed E-state index contributed by atoms with van der Waals surface area (Å²) in [5.41, 5.74) is 1.06. The highest BCUT2D eigenvalue weighted by Gasteiger charge is 2.30. The smallest absolute Gasteiger partial charge is 0.220 e. The van der Waals surface area contributed by atoms with Crippen molar-refractivity contribution in [3.05, 3.63) is 46.9 Å². The van der Waals surface area contributed by atoms with Crippen LogP contribution in [0, 0.1) is 6.92 Å². The summed E-state index contributed by atoms with van der Waals surface area (Å²) in [5, 5.41) is 0.680. The molecule has 0 aromatic carbocycles. The number of oxazole rings is 1. The van der Waals surface area contributed by atoms with Crippen LogP contribution in [-0.2, 0) is 17.9 Å². The van der Waals surface area contributed by atoms with Crippen molar-refractivity contribution in [1.29, 1.82) is 0 Å². The zero-order valence-electron chi connectivity index (χ0n) is 13.9. The van der Waals surface area contributed by atoms with Crippen molar-refractivity contribution >= 4 is 17.5 Å². The molecule has 0 N–H and O–H groups in total. The Hall–Kier alpha value is -1.92. The molecule has 0 spiro atoms. The van der Waals surface area contributed by atoms with Gasteiger partial charge in [0.2, 0.25) is 11.8 Å². The lowest BCUT2D eigenvalue weighted by Crippen LogP contribution is -2.40. The minimum atomic E-state index is 0.0413. The van der Waals surface area contributed by atoms with E-state index in [0.29, 0.717) is 17.5 Å². The second-order valence-corrected chi connectivity index (χ2v) is 6.56. The minimum Gasteiger partial charge on any atom is -0.444 e. The van der Waals surface area contributed by atoms with Gasteiger partial charge in [0, 0.05) is 45.0 Å². The first-order chi connectivity index (χ1) is 11.5. The standard InChI is InChI=1S/C17H21ClN4O2/c1-12-7-20-17(24-12)11-22(13(2)23)15-4-6-21(10-15)9-14-3-5-19-8-16(14)18/h3,5,7-8,15H,4,6,9-11H2,1-2H3/t15-/m0/s1. The van der Waals surface area contributed by atoms with Crippen molar-refractivity contribution in [3.63, 3.8) is 0 Å². The van der Waals surface area contributed by atoms with Crippen LogP contribution in [0.1, 0.15) is 30.6 Å². The molecule has 1 atom stereocenters. The molecular formula is C17H21ClN4O2. The molecule has 1 fully saturated rings. The zero-order chi connectivity index (χ0) is 17.1. The molecule has 1 amide bonds. The van der Waals surface area contributed by atoms with Crippen molar-refractivity contribution in [2.45, 2.75) is 39.4 Å². The Morgan fingerprint density at radius 2 is 2.33 bits per heavy atom. The number of carbonyl (C=O) groups excluding carboxylic acids is 1. The maximum absolute atomic E-state index is 12.1. The molecule has 0 unspecified atom stereocenters. The average Bonchev–Trinajstić information content (AvgIpc) is 3.16. The van der Waals surface area contributed by atoms with Gasteiger partial charge in [-0.15, -0.1) is 0 Å². The van der Waals surface area contributed by atoms with Crippen molar-refractivity contribution in [3.8, 4) is 0 Å². The van der Waals surface area contributed by atoms with Crippen molar-refractivity contribution in [1.82, 2.24) is 19.8 Å². The molecule has 7 heteroatoms. The van der Waals surface area contributed by atoms with E-state index in [-0.39, 0.29) is 11.9 Å². The Kier molecular flexibility index (Phi) is 5.16. The second-order valence-electron chi connectivity index (χ2n) is 6.16. The van der Waals surface area contributed by atoms with E-state index < -0.39 is 0 Å². The summed E-state index contributed by atoms with van der Waals surface area (Å²) < 4.78 is 5.52. The maximum atomic E-state index is 12.1. The highest BCUT2D eigenvalue weighted by Crippen LogP contribution is 2.22. The van der Waals surface area contributed by atoms with Crippen molar-refractivity contribution < 1.29 is 9.21 Å². The Balaban J connectivity index is 1.64. The average molecular weight is 349 g/mol. The Morgan fingerprint density at radius 3 is 3.00 bits per heavy atom. The van der Waals surface area contributed by atoms with Gasteiger partial charge in [0.15, 0.2) is 0 Å². The number of nitrogens with zero attached hydrogens (tertiary/aromatic N) is 4. The number of carbonyl (C=O) groups is 1. The molecule has 1 aliphatic rings. The van der Waals surface area contributed by atoms with Crippen LogP contribution < -0.4 is 0 Å². The number of aryl methyl sites for hydroxylation is 1. The summed E-state index contributed by atoms with van der Waals surface area (Å²) in [4.78, 5) is 24.4. The van der Waals surface area contributed by atoms with Crippen LogP contribution in [0.2, 0.25) is 5.02 Å². The molecular weight excluding hydrogens is 328 g/mol. The molecule has 2 aromatic rings. The van der Waals surface area contributed by atoms with Crippen molar-refractivity contribution in [2.24, 2.45) is 0 Å². The molecule has 0 aliphatic carbocycles. The zero-order valence-corrected chi connectivity index (χ0v) is 14.7. The number of aromatic nitrogens is 2. The third-order valence-electron chi connectivity index (χ3n) is 4.32. The van der Waals surface area contributed by atoms with Gasteiger partial charge < -0.3 is 9.32 Å². The highest BCUT2D eigenvalue weighted by atomic mass is 35.5. The monoisotopic (exact) mass is 348 g/mol. The van der Waals surface area contributed by atoms with Gasteiger partial charge in [-0.2, -0.15) is 0 Å². The molecule has 6 nitrogen and oxygen atoms in total. The van der Waals surface area contributed by atoms with Gasteiger partial charge in [0.1, 0.15) is 5.76 Å². The van der Waals surface area contributed by atoms with Gasteiger partial charge in [-0.05, 0) is 25.0 Å². The molecule has 1 saturated heterocycles. The molecule has 0 saturated carbocycles. The summed E-state index contributed by atoms with van der Waals surface area (Å²) in [6, 6.07) is 2.10. The number of hydrogen-bond donors (Lipinski definition) is 0. The first-order valence-corrected chi connectivity index (χ1v) is 8.40. The SMILES string of the molecule is CC(=O)N(Cc1ncc(C)o1)[C@H]1CCN(Cc2ccncc2Cl)C1. The number of rotatable bonds is 5. The number of hydrogen-bond acceptors (Lipinski definition) is 5. The van der Waals surface area contributed by atoms with Crippen molar-refractivity contribution in [2.75, 3.05) is 13.1 Å². The fraction of sp³-hybridized carbons (Fsp3) is 0.471. The predicted octanol–water partition coefficient (Wildman–Crippen LogP) is 2.65. The number of likely N-dealkylation sites (tertiary alicyclic amines) is 1. The summed E-state index contributed by atoms with van der Waals surface area (Å²) in [5.74, 6) is 1.38. The van der Waals surface area contributed by atoms with Crippen LogP contribution in [0.15, 0.2) is 29.1 Å². The molecule has 3 heterocycles. The second kappa shape index (κ2) is 7.32. The van der Waals surface area contributed by atoms with Crippen LogP contribution in [0.5, 0.6) is 0 Å². The van der Waals surface area contributed by atoms with E-state index >= 15 is 0 Å². The number of pyridine rings is 1. The van der Waals surface area contributed by atoms with Gasteiger partial charge >= 0.3 is 0 Å². The molecule has 2 aromatic heterocycles. The Labute approximate surface area is 146 Å². The third kappa shape index (κ3) is 3.94. The first-order valence-electron chi connectivity index (χ1n) is 8.02. The lowest BCUT2D eigenvalue weighted by atomic mass is 10.2. The Bertz CT molecular complexity index is 718. The van der Waals surface area contributed by atoms with Crippen LogP contribution in [0.4, 0.5) is 0 Å². The van der Waals surface area contributed by atoms with Gasteiger partial charge in [-0.25, -0.2) is 4.98 Å². The number of halogens is 1. The van der Waals surface area contributed by atoms with E-state index in [1.54, 1.807) is 25.5 Å². The lowest BCUT2D eigenvalue weighted by Gasteiger charge is -2.27. The summed E-state index contributed by atoms with van der Waals surface area (Å²) in [7, 11) is 0. The fourth-order valence-corrected chi connectivity index (χ4v) is 3.28. The van der Waals surface area contributed by atoms with Crippen LogP contribution in [0.3, 0.4) is 0 Å². The highest BCUT2D eigenvalue weighted by molar-refractivity contribution is 6.31. The van der Waals surface area contributed by atoms with Crippen LogP contribution in [-0.4, -0.2) is 44.8 Å². The van der Waals surface area contributed by atoms with Gasteiger partial charge in [-0.1, -0.05) is 11.6 Å². The normalized spacial score (nSPS) is 18.0. The van der Waals surface area contributed by atoms with E-state index in [9.17, 15) is 4.79 Å².